The first kappa shape index (κ1) is 16.2. The van der Waals surface area contributed by atoms with Crippen LogP contribution in [0, 0.1) is 6.92 Å². The number of rotatable bonds is 3. The van der Waals surface area contributed by atoms with Crippen molar-refractivity contribution in [2.75, 3.05) is 26.3 Å². The van der Waals surface area contributed by atoms with Gasteiger partial charge < -0.3 is 10.1 Å². The molecule has 2 aromatic rings. The molecule has 2 saturated heterocycles. The highest BCUT2D eigenvalue weighted by Crippen LogP contribution is 2.19. The Morgan fingerprint density at radius 2 is 2.08 bits per heavy atom. The molecular weight excluding hydrogens is 320 g/mol. The summed E-state index contributed by atoms with van der Waals surface area (Å²) in [5, 5.41) is 2.99. The predicted molar refractivity (Wildman–Crippen MR) is 92.9 cm³/mol. The molecule has 25 heavy (non-hydrogen) atoms. The third-order valence-corrected chi connectivity index (χ3v) is 5.15. The molecular formula is C18H22N4O3. The van der Waals surface area contributed by atoms with Crippen molar-refractivity contribution in [3.8, 4) is 0 Å². The number of likely N-dealkylation sites (tertiary alicyclic amines) is 1. The molecule has 0 aliphatic carbocycles. The first-order valence-electron chi connectivity index (χ1n) is 8.75. The van der Waals surface area contributed by atoms with Crippen LogP contribution in [-0.4, -0.2) is 58.6 Å². The Bertz CT molecular complexity index is 857. The highest BCUT2D eigenvalue weighted by atomic mass is 16.5. The molecule has 4 heterocycles. The second-order valence-electron chi connectivity index (χ2n) is 6.77. The van der Waals surface area contributed by atoms with Gasteiger partial charge in [0.25, 0.3) is 11.5 Å². The van der Waals surface area contributed by atoms with E-state index in [0.29, 0.717) is 18.9 Å². The Balaban J connectivity index is 1.59. The zero-order valence-corrected chi connectivity index (χ0v) is 14.3. The fourth-order valence-corrected chi connectivity index (χ4v) is 3.79. The van der Waals surface area contributed by atoms with Crippen molar-refractivity contribution < 1.29 is 9.53 Å². The second kappa shape index (κ2) is 6.57. The average molecular weight is 342 g/mol. The first-order valence-corrected chi connectivity index (χ1v) is 8.75. The third kappa shape index (κ3) is 2.94. The number of ether oxygens (including phenoxy) is 1. The van der Waals surface area contributed by atoms with Gasteiger partial charge in [0.15, 0.2) is 0 Å². The zero-order chi connectivity index (χ0) is 17.4. The number of carbonyl (C=O) groups is 1. The van der Waals surface area contributed by atoms with Crippen LogP contribution in [0.5, 0.6) is 0 Å². The number of hydrogen-bond acceptors (Lipinski definition) is 5. The van der Waals surface area contributed by atoms with Gasteiger partial charge in [-0.3, -0.25) is 18.9 Å². The van der Waals surface area contributed by atoms with E-state index in [1.807, 2.05) is 19.1 Å². The molecule has 132 valence electrons. The Labute approximate surface area is 145 Å². The summed E-state index contributed by atoms with van der Waals surface area (Å²) in [7, 11) is 0. The second-order valence-corrected chi connectivity index (χ2v) is 6.77. The highest BCUT2D eigenvalue weighted by Gasteiger charge is 2.35. The predicted octanol–water partition coefficient (Wildman–Crippen LogP) is 0.596. The summed E-state index contributed by atoms with van der Waals surface area (Å²) in [4.78, 5) is 32.0. The van der Waals surface area contributed by atoms with E-state index in [0.717, 1.165) is 18.8 Å². The van der Waals surface area contributed by atoms with Crippen molar-refractivity contribution in [1.82, 2.24) is 19.6 Å². The summed E-state index contributed by atoms with van der Waals surface area (Å²) in [6.07, 6.45) is 3.74. The molecule has 0 spiro atoms. The van der Waals surface area contributed by atoms with Crippen LogP contribution in [0.4, 0.5) is 0 Å². The van der Waals surface area contributed by atoms with Gasteiger partial charge in [0, 0.05) is 11.9 Å². The van der Waals surface area contributed by atoms with Gasteiger partial charge in [0.1, 0.15) is 11.2 Å². The molecule has 2 atom stereocenters. The number of amides is 1. The molecule has 2 aliphatic rings. The summed E-state index contributed by atoms with van der Waals surface area (Å²) in [6.45, 7) is 5.01. The molecule has 7 nitrogen and oxygen atoms in total. The van der Waals surface area contributed by atoms with Crippen molar-refractivity contribution in [2.24, 2.45) is 0 Å². The van der Waals surface area contributed by atoms with Crippen LogP contribution < -0.4 is 10.9 Å². The Hall–Kier alpha value is -2.25. The Kier molecular flexibility index (Phi) is 4.27. The van der Waals surface area contributed by atoms with Gasteiger partial charge in [-0.25, -0.2) is 4.98 Å². The minimum Gasteiger partial charge on any atom is -0.378 e. The van der Waals surface area contributed by atoms with Gasteiger partial charge in [-0.2, -0.15) is 0 Å². The lowest BCUT2D eigenvalue weighted by atomic mass is 10.1. The van der Waals surface area contributed by atoms with Crippen LogP contribution in [0.3, 0.4) is 0 Å². The topological polar surface area (TPSA) is 75.9 Å². The first-order chi connectivity index (χ1) is 12.1. The molecule has 0 unspecified atom stereocenters. The molecule has 0 saturated carbocycles. The lowest BCUT2D eigenvalue weighted by molar-refractivity contribution is 0.0914. The van der Waals surface area contributed by atoms with Gasteiger partial charge in [-0.15, -0.1) is 0 Å². The van der Waals surface area contributed by atoms with Crippen LogP contribution in [0.25, 0.3) is 5.65 Å². The van der Waals surface area contributed by atoms with E-state index >= 15 is 0 Å². The quantitative estimate of drug-likeness (QED) is 0.884. The monoisotopic (exact) mass is 342 g/mol. The zero-order valence-electron chi connectivity index (χ0n) is 14.3. The van der Waals surface area contributed by atoms with E-state index in [1.54, 1.807) is 6.07 Å². The van der Waals surface area contributed by atoms with E-state index in [1.165, 1.54) is 23.4 Å². The minimum atomic E-state index is -0.380. The Morgan fingerprint density at radius 1 is 1.28 bits per heavy atom. The maximum Gasteiger partial charge on any atom is 0.270 e. The van der Waals surface area contributed by atoms with Crippen molar-refractivity contribution in [3.05, 3.63) is 46.0 Å². The normalized spacial score (nSPS) is 24.0. The van der Waals surface area contributed by atoms with Crippen molar-refractivity contribution in [1.29, 1.82) is 0 Å². The number of nitrogens with one attached hydrogen (secondary N) is 1. The lowest BCUT2D eigenvalue weighted by Gasteiger charge is -2.27. The number of aryl methyl sites for hydroxylation is 1. The molecule has 1 N–H and O–H groups in total. The van der Waals surface area contributed by atoms with Gasteiger partial charge in [-0.05, 0) is 45.0 Å². The van der Waals surface area contributed by atoms with Crippen LogP contribution in [0.15, 0.2) is 29.2 Å². The molecule has 0 aromatic carbocycles. The van der Waals surface area contributed by atoms with Crippen LogP contribution >= 0.6 is 0 Å². The average Bonchev–Trinajstić information content (AvgIpc) is 3.26. The fourth-order valence-electron chi connectivity index (χ4n) is 3.79. The maximum absolute atomic E-state index is 12.7. The van der Waals surface area contributed by atoms with Gasteiger partial charge in [0.05, 0.1) is 25.3 Å². The smallest absolute Gasteiger partial charge is 0.270 e. The van der Waals surface area contributed by atoms with E-state index < -0.39 is 0 Å². The van der Waals surface area contributed by atoms with E-state index in [4.69, 9.17) is 4.74 Å². The molecule has 2 aliphatic heterocycles. The largest absolute Gasteiger partial charge is 0.378 e. The fraction of sp³-hybridized carbons (Fsp3) is 0.500. The number of nitrogens with zero attached hydrogens (tertiary/aromatic N) is 3. The summed E-state index contributed by atoms with van der Waals surface area (Å²) >= 11 is 0. The van der Waals surface area contributed by atoms with Gasteiger partial charge in [0.2, 0.25) is 0 Å². The van der Waals surface area contributed by atoms with Gasteiger partial charge in [-0.1, -0.05) is 6.07 Å². The van der Waals surface area contributed by atoms with Crippen molar-refractivity contribution in [2.45, 2.75) is 31.8 Å². The Morgan fingerprint density at radius 3 is 2.88 bits per heavy atom. The summed E-state index contributed by atoms with van der Waals surface area (Å²) < 4.78 is 7.05. The lowest BCUT2D eigenvalue weighted by Crippen LogP contribution is -2.51. The summed E-state index contributed by atoms with van der Waals surface area (Å²) in [5.74, 6) is -0.380. The number of aromatic nitrogens is 2. The third-order valence-electron chi connectivity index (χ3n) is 5.15. The molecule has 7 heteroatoms. The SMILES string of the molecule is Cc1cccc2ncc(C(=O)N[C@H]3COC[C@@H]3N3CCCC3)c(=O)n12. The number of carbonyl (C=O) groups excluding carboxylic acids is 1. The summed E-state index contributed by atoms with van der Waals surface area (Å²) in [6, 6.07) is 5.51. The van der Waals surface area contributed by atoms with E-state index in [-0.39, 0.29) is 29.1 Å². The molecule has 4 rings (SSSR count). The highest BCUT2D eigenvalue weighted by molar-refractivity contribution is 5.94. The van der Waals surface area contributed by atoms with Crippen LogP contribution in [0.2, 0.25) is 0 Å². The molecule has 2 aromatic heterocycles. The minimum absolute atomic E-state index is 0.0684. The molecule has 0 radical (unpaired) electrons. The van der Waals surface area contributed by atoms with Crippen LogP contribution in [0.1, 0.15) is 28.9 Å². The molecule has 1 amide bonds. The maximum atomic E-state index is 12.7. The van der Waals surface area contributed by atoms with E-state index in [9.17, 15) is 9.59 Å². The number of hydrogen-bond donors (Lipinski definition) is 1. The number of pyridine rings is 1. The van der Waals surface area contributed by atoms with E-state index in [2.05, 4.69) is 15.2 Å². The standard InChI is InChI=1S/C18H22N4O3/c1-12-5-4-6-16-19-9-13(18(24)22(12)16)17(23)20-14-10-25-11-15(14)21-7-2-3-8-21/h4-6,9,14-15H,2-3,7-8,10-11H2,1H3,(H,20,23)/t14-,15-/m0/s1. The number of fused-ring (bicyclic) bond motifs is 1. The van der Waals surface area contributed by atoms with Crippen LogP contribution in [-0.2, 0) is 4.74 Å². The van der Waals surface area contributed by atoms with Gasteiger partial charge >= 0.3 is 0 Å². The van der Waals surface area contributed by atoms with Crippen molar-refractivity contribution in [3.63, 3.8) is 0 Å². The molecule has 0 bridgehead atoms. The molecule has 2 fully saturated rings. The summed E-state index contributed by atoms with van der Waals surface area (Å²) in [5.41, 5.74) is 1.03. The van der Waals surface area contributed by atoms with Crippen molar-refractivity contribution >= 4 is 11.6 Å².